The second kappa shape index (κ2) is 8.43. The van der Waals surface area contributed by atoms with Crippen LogP contribution in [0.5, 0.6) is 0 Å². The zero-order valence-corrected chi connectivity index (χ0v) is 12.0. The Hall–Kier alpha value is -1.74. The molecular formula is C14H23N3O3. The maximum Gasteiger partial charge on any atom is 0.323 e. The third-order valence-corrected chi connectivity index (χ3v) is 3.34. The highest BCUT2D eigenvalue weighted by Crippen LogP contribution is 2.15. The van der Waals surface area contributed by atoms with Gasteiger partial charge in [0.1, 0.15) is 6.54 Å². The van der Waals surface area contributed by atoms with E-state index >= 15 is 0 Å². The Balaban J connectivity index is 2.78. The molecule has 0 unspecified atom stereocenters. The molecule has 2 N–H and O–H groups in total. The maximum atomic E-state index is 12.5. The van der Waals surface area contributed by atoms with Crippen LogP contribution in [0.4, 0.5) is 4.79 Å². The van der Waals surface area contributed by atoms with Gasteiger partial charge in [0.25, 0.3) is 0 Å². The van der Waals surface area contributed by atoms with Gasteiger partial charge in [-0.2, -0.15) is 0 Å². The van der Waals surface area contributed by atoms with Crippen molar-refractivity contribution in [3.8, 4) is 12.3 Å². The van der Waals surface area contributed by atoms with Crippen LogP contribution < -0.4 is 5.32 Å². The Morgan fingerprint density at radius 3 is 2.55 bits per heavy atom. The first kappa shape index (κ1) is 16.3. The lowest BCUT2D eigenvalue weighted by atomic mass is 10.0. The molecule has 0 spiro atoms. The minimum absolute atomic E-state index is 0.0241. The number of carboxylic acids is 1. The number of carbonyl (C=O) groups excluding carboxylic acids is 1. The summed E-state index contributed by atoms with van der Waals surface area (Å²) < 4.78 is 0. The summed E-state index contributed by atoms with van der Waals surface area (Å²) in [7, 11) is 0. The van der Waals surface area contributed by atoms with Gasteiger partial charge in [-0.05, 0) is 32.4 Å². The molecule has 6 nitrogen and oxygen atoms in total. The number of rotatable bonds is 6. The Morgan fingerprint density at radius 2 is 2.05 bits per heavy atom. The van der Waals surface area contributed by atoms with E-state index in [4.69, 9.17) is 11.5 Å². The Bertz CT molecular complexity index is 372. The second-order valence-corrected chi connectivity index (χ2v) is 4.91. The fourth-order valence-corrected chi connectivity index (χ4v) is 2.44. The van der Waals surface area contributed by atoms with Crippen molar-refractivity contribution in [1.29, 1.82) is 0 Å². The standard InChI is InChI=1S/C14H23N3O3/c1-3-9-16(11-13(18)19)14(20)17(10-4-2)12-5-7-15-8-6-12/h1,12,15H,4-11H2,2H3,(H,18,19). The second-order valence-electron chi connectivity index (χ2n) is 4.91. The average molecular weight is 281 g/mol. The molecule has 2 amide bonds. The summed E-state index contributed by atoms with van der Waals surface area (Å²) in [5.74, 6) is 1.31. The number of carbonyl (C=O) groups is 2. The minimum Gasteiger partial charge on any atom is -0.480 e. The predicted octanol–water partition coefficient (Wildman–Crippen LogP) is 0.590. The van der Waals surface area contributed by atoms with E-state index in [-0.39, 0.29) is 25.2 Å². The maximum absolute atomic E-state index is 12.5. The Kier molecular flexibility index (Phi) is 6.88. The molecule has 0 aromatic carbocycles. The topological polar surface area (TPSA) is 72.9 Å². The largest absolute Gasteiger partial charge is 0.480 e. The van der Waals surface area contributed by atoms with Crippen LogP contribution >= 0.6 is 0 Å². The van der Waals surface area contributed by atoms with Gasteiger partial charge in [0, 0.05) is 12.6 Å². The molecule has 0 aromatic heterocycles. The normalized spacial score (nSPS) is 15.4. The lowest BCUT2D eigenvalue weighted by Gasteiger charge is -2.37. The number of hydrogen-bond acceptors (Lipinski definition) is 3. The number of terminal acetylenes is 1. The van der Waals surface area contributed by atoms with Crippen molar-refractivity contribution in [3.05, 3.63) is 0 Å². The van der Waals surface area contributed by atoms with Gasteiger partial charge in [-0.25, -0.2) is 4.79 Å². The summed E-state index contributed by atoms with van der Waals surface area (Å²) in [5.41, 5.74) is 0. The van der Waals surface area contributed by atoms with Crippen molar-refractivity contribution in [3.63, 3.8) is 0 Å². The SMILES string of the molecule is C#CCN(CC(=O)O)C(=O)N(CCC)C1CCNCC1. The summed E-state index contributed by atoms with van der Waals surface area (Å²) in [5, 5.41) is 12.1. The first-order chi connectivity index (χ1) is 9.60. The molecule has 1 saturated heterocycles. The zero-order chi connectivity index (χ0) is 15.0. The van der Waals surface area contributed by atoms with Crippen LogP contribution in [0, 0.1) is 12.3 Å². The van der Waals surface area contributed by atoms with Gasteiger partial charge in [0.15, 0.2) is 0 Å². The van der Waals surface area contributed by atoms with Gasteiger partial charge >= 0.3 is 12.0 Å². The summed E-state index contributed by atoms with van der Waals surface area (Å²) in [4.78, 5) is 26.4. The van der Waals surface area contributed by atoms with Crippen LogP contribution in [0.2, 0.25) is 0 Å². The van der Waals surface area contributed by atoms with Gasteiger partial charge in [-0.15, -0.1) is 6.42 Å². The summed E-state index contributed by atoms with van der Waals surface area (Å²) >= 11 is 0. The van der Waals surface area contributed by atoms with Crippen molar-refractivity contribution in [2.45, 2.75) is 32.2 Å². The first-order valence-electron chi connectivity index (χ1n) is 7.01. The highest BCUT2D eigenvalue weighted by Gasteiger charge is 2.28. The third-order valence-electron chi connectivity index (χ3n) is 3.34. The van der Waals surface area contributed by atoms with E-state index in [0.29, 0.717) is 6.54 Å². The van der Waals surface area contributed by atoms with Crippen LogP contribution in [0.3, 0.4) is 0 Å². The van der Waals surface area contributed by atoms with Crippen molar-refractivity contribution >= 4 is 12.0 Å². The third kappa shape index (κ3) is 4.74. The molecule has 1 fully saturated rings. The molecule has 0 radical (unpaired) electrons. The van der Waals surface area contributed by atoms with E-state index in [0.717, 1.165) is 32.4 Å². The first-order valence-corrected chi connectivity index (χ1v) is 7.01. The van der Waals surface area contributed by atoms with Crippen LogP contribution in [0.1, 0.15) is 26.2 Å². The highest BCUT2D eigenvalue weighted by atomic mass is 16.4. The number of nitrogens with one attached hydrogen (secondary N) is 1. The van der Waals surface area contributed by atoms with Crippen LogP contribution in [0.15, 0.2) is 0 Å². The van der Waals surface area contributed by atoms with Crippen LogP contribution in [0.25, 0.3) is 0 Å². The molecule has 1 heterocycles. The van der Waals surface area contributed by atoms with Gasteiger partial charge in [0.2, 0.25) is 0 Å². The minimum atomic E-state index is -1.05. The lowest BCUT2D eigenvalue weighted by molar-refractivity contribution is -0.137. The van der Waals surface area contributed by atoms with Crippen LogP contribution in [-0.2, 0) is 4.79 Å². The van der Waals surface area contributed by atoms with Crippen LogP contribution in [-0.4, -0.2) is 65.7 Å². The van der Waals surface area contributed by atoms with Crippen molar-refractivity contribution in [1.82, 2.24) is 15.1 Å². The van der Waals surface area contributed by atoms with E-state index in [1.807, 2.05) is 6.92 Å². The molecule has 0 aliphatic carbocycles. The van der Waals surface area contributed by atoms with Crippen molar-refractivity contribution in [2.75, 3.05) is 32.7 Å². The predicted molar refractivity (Wildman–Crippen MR) is 76.3 cm³/mol. The molecule has 0 bridgehead atoms. The van der Waals surface area contributed by atoms with Gasteiger partial charge in [0.05, 0.1) is 6.54 Å². The molecule has 1 aliphatic heterocycles. The number of nitrogens with zero attached hydrogens (tertiary/aromatic N) is 2. The number of hydrogen-bond donors (Lipinski definition) is 2. The number of urea groups is 1. The number of piperidine rings is 1. The number of aliphatic carboxylic acids is 1. The number of amides is 2. The molecule has 6 heteroatoms. The van der Waals surface area contributed by atoms with E-state index in [9.17, 15) is 9.59 Å². The molecule has 1 aliphatic rings. The fraction of sp³-hybridized carbons (Fsp3) is 0.714. The molecule has 0 saturated carbocycles. The average Bonchev–Trinajstić information content (AvgIpc) is 2.44. The van der Waals surface area contributed by atoms with Crippen molar-refractivity contribution < 1.29 is 14.7 Å². The van der Waals surface area contributed by atoms with Gasteiger partial charge < -0.3 is 20.2 Å². The summed E-state index contributed by atoms with van der Waals surface area (Å²) in [6.45, 7) is 4.07. The van der Waals surface area contributed by atoms with E-state index in [1.54, 1.807) is 4.90 Å². The Labute approximate surface area is 120 Å². The molecular weight excluding hydrogens is 258 g/mol. The van der Waals surface area contributed by atoms with Crippen molar-refractivity contribution in [2.24, 2.45) is 0 Å². The summed E-state index contributed by atoms with van der Waals surface area (Å²) in [6.07, 6.45) is 7.85. The Morgan fingerprint density at radius 1 is 1.40 bits per heavy atom. The van der Waals surface area contributed by atoms with E-state index in [2.05, 4.69) is 11.2 Å². The smallest absolute Gasteiger partial charge is 0.323 e. The quantitative estimate of drug-likeness (QED) is 0.699. The molecule has 0 atom stereocenters. The van der Waals surface area contributed by atoms with Gasteiger partial charge in [-0.1, -0.05) is 12.8 Å². The molecule has 1 rings (SSSR count). The van der Waals surface area contributed by atoms with E-state index < -0.39 is 5.97 Å². The van der Waals surface area contributed by atoms with E-state index in [1.165, 1.54) is 4.90 Å². The monoisotopic (exact) mass is 281 g/mol. The molecule has 112 valence electrons. The number of carboxylic acid groups (broad SMARTS) is 1. The molecule has 20 heavy (non-hydrogen) atoms. The highest BCUT2D eigenvalue weighted by molar-refractivity contribution is 5.80. The lowest BCUT2D eigenvalue weighted by Crippen LogP contribution is -2.52. The molecule has 0 aromatic rings. The van der Waals surface area contributed by atoms with Gasteiger partial charge in [-0.3, -0.25) is 4.79 Å². The summed E-state index contributed by atoms with van der Waals surface area (Å²) in [6, 6.07) is -0.100. The zero-order valence-electron chi connectivity index (χ0n) is 12.0. The fourth-order valence-electron chi connectivity index (χ4n) is 2.44.